The highest BCUT2D eigenvalue weighted by Gasteiger charge is 2.26. The van der Waals surface area contributed by atoms with Crippen molar-refractivity contribution >= 4 is 23.3 Å². The fourth-order valence-corrected chi connectivity index (χ4v) is 3.28. The molecule has 24 heavy (non-hydrogen) atoms. The zero-order valence-corrected chi connectivity index (χ0v) is 14.4. The Balaban J connectivity index is 1.66. The molecule has 1 aromatic heterocycles. The molecule has 0 saturated carbocycles. The van der Waals surface area contributed by atoms with Crippen molar-refractivity contribution in [2.75, 3.05) is 50.9 Å². The lowest BCUT2D eigenvalue weighted by molar-refractivity contribution is 0.0302. The van der Waals surface area contributed by atoms with Crippen LogP contribution in [-0.2, 0) is 9.47 Å². The molecular formula is C17H22ClN3O3. The first-order valence-corrected chi connectivity index (χ1v) is 8.57. The lowest BCUT2D eigenvalue weighted by Crippen LogP contribution is -2.40. The highest BCUT2D eigenvalue weighted by molar-refractivity contribution is 6.33. The van der Waals surface area contributed by atoms with Gasteiger partial charge in [0.25, 0.3) is 5.91 Å². The number of anilines is 1. The van der Waals surface area contributed by atoms with E-state index in [2.05, 4.69) is 16.5 Å². The molecule has 0 bridgehead atoms. The minimum atomic E-state index is -0.0483. The quantitative estimate of drug-likeness (QED) is 0.759. The van der Waals surface area contributed by atoms with E-state index in [4.69, 9.17) is 21.1 Å². The summed E-state index contributed by atoms with van der Waals surface area (Å²) in [4.78, 5) is 20.8. The van der Waals surface area contributed by atoms with Crippen LogP contribution in [0.3, 0.4) is 0 Å². The number of ether oxygens (including phenoxy) is 2. The molecule has 0 N–H and O–H groups in total. The Morgan fingerprint density at radius 3 is 2.96 bits per heavy atom. The number of hydrogen-bond acceptors (Lipinski definition) is 5. The van der Waals surface area contributed by atoms with Gasteiger partial charge in [0, 0.05) is 32.4 Å². The summed E-state index contributed by atoms with van der Waals surface area (Å²) in [7, 11) is 0. The molecule has 2 aliphatic heterocycles. The first kappa shape index (κ1) is 17.2. The topological polar surface area (TPSA) is 54.9 Å². The Hall–Kier alpha value is -1.63. The van der Waals surface area contributed by atoms with Gasteiger partial charge in [0.05, 0.1) is 36.5 Å². The van der Waals surface area contributed by atoms with Gasteiger partial charge < -0.3 is 19.3 Å². The molecule has 3 rings (SSSR count). The van der Waals surface area contributed by atoms with Crippen molar-refractivity contribution < 1.29 is 14.3 Å². The van der Waals surface area contributed by atoms with Crippen molar-refractivity contribution in [2.45, 2.75) is 12.5 Å². The van der Waals surface area contributed by atoms with E-state index < -0.39 is 0 Å². The van der Waals surface area contributed by atoms with Crippen LogP contribution in [0.1, 0.15) is 16.8 Å². The van der Waals surface area contributed by atoms with E-state index in [1.165, 1.54) is 0 Å². The Morgan fingerprint density at radius 1 is 1.46 bits per heavy atom. The van der Waals surface area contributed by atoms with Crippen molar-refractivity contribution in [1.82, 2.24) is 9.88 Å². The Bertz CT molecular complexity index is 605. The number of pyridine rings is 1. The van der Waals surface area contributed by atoms with Crippen molar-refractivity contribution in [2.24, 2.45) is 0 Å². The first-order chi connectivity index (χ1) is 11.7. The van der Waals surface area contributed by atoms with Crippen molar-refractivity contribution in [1.29, 1.82) is 0 Å². The van der Waals surface area contributed by atoms with Gasteiger partial charge in [0.15, 0.2) is 0 Å². The standard InChI is InChI=1S/C17H22ClN3O3/c1-2-7-24-14-3-4-21(12-14)16-15(18)10-13(11-19-16)17(22)20-5-8-23-9-6-20/h2,10-11,14H,1,3-9,12H2. The molecule has 0 aliphatic carbocycles. The number of morpholine rings is 1. The first-order valence-electron chi connectivity index (χ1n) is 8.19. The smallest absolute Gasteiger partial charge is 0.255 e. The lowest BCUT2D eigenvalue weighted by Gasteiger charge is -2.27. The van der Waals surface area contributed by atoms with Gasteiger partial charge in [-0.25, -0.2) is 4.98 Å². The zero-order valence-electron chi connectivity index (χ0n) is 13.6. The molecule has 0 spiro atoms. The summed E-state index contributed by atoms with van der Waals surface area (Å²) in [5, 5.41) is 0.499. The monoisotopic (exact) mass is 351 g/mol. The van der Waals surface area contributed by atoms with Crippen molar-refractivity contribution in [3.8, 4) is 0 Å². The summed E-state index contributed by atoms with van der Waals surface area (Å²) in [6.45, 7) is 8.15. The average Bonchev–Trinajstić information content (AvgIpc) is 3.08. The summed E-state index contributed by atoms with van der Waals surface area (Å²) in [6, 6.07) is 1.71. The summed E-state index contributed by atoms with van der Waals surface area (Å²) in [5.74, 6) is 0.660. The minimum Gasteiger partial charge on any atom is -0.378 e. The van der Waals surface area contributed by atoms with Crippen LogP contribution >= 0.6 is 11.6 Å². The van der Waals surface area contributed by atoms with E-state index >= 15 is 0 Å². The number of nitrogens with zero attached hydrogens (tertiary/aromatic N) is 3. The molecular weight excluding hydrogens is 330 g/mol. The fourth-order valence-electron chi connectivity index (χ4n) is 2.99. The van der Waals surface area contributed by atoms with Crippen LogP contribution in [0.4, 0.5) is 5.82 Å². The molecule has 0 aromatic carbocycles. The summed E-state index contributed by atoms with van der Waals surface area (Å²) >= 11 is 6.39. The predicted octanol–water partition coefficient (Wildman–Crippen LogP) is 1.99. The second-order valence-corrected chi connectivity index (χ2v) is 6.32. The van der Waals surface area contributed by atoms with Gasteiger partial charge in [0.1, 0.15) is 5.82 Å². The normalized spacial score (nSPS) is 21.1. The van der Waals surface area contributed by atoms with E-state index in [1.54, 1.807) is 23.2 Å². The number of hydrogen-bond donors (Lipinski definition) is 0. The van der Waals surface area contributed by atoms with Gasteiger partial charge in [-0.2, -0.15) is 0 Å². The molecule has 2 fully saturated rings. The second kappa shape index (κ2) is 7.96. The van der Waals surface area contributed by atoms with Crippen molar-refractivity contribution in [3.05, 3.63) is 35.5 Å². The Kier molecular flexibility index (Phi) is 5.71. The molecule has 2 aliphatic rings. The molecule has 1 amide bonds. The summed E-state index contributed by atoms with van der Waals surface area (Å²) in [5.41, 5.74) is 0.518. The fraction of sp³-hybridized carbons (Fsp3) is 0.529. The number of halogens is 1. The second-order valence-electron chi connectivity index (χ2n) is 5.91. The predicted molar refractivity (Wildman–Crippen MR) is 92.7 cm³/mol. The van der Waals surface area contributed by atoms with Crippen LogP contribution in [0.25, 0.3) is 0 Å². The molecule has 7 heteroatoms. The molecule has 6 nitrogen and oxygen atoms in total. The van der Waals surface area contributed by atoms with E-state index in [0.29, 0.717) is 49.3 Å². The molecule has 1 atom stereocenters. The van der Waals surface area contributed by atoms with Gasteiger partial charge in [-0.1, -0.05) is 17.7 Å². The molecule has 3 heterocycles. The van der Waals surface area contributed by atoms with E-state index in [1.807, 2.05) is 0 Å². The SMILES string of the molecule is C=CCOC1CCN(c2ncc(C(=O)N3CCOCC3)cc2Cl)C1. The van der Waals surface area contributed by atoms with E-state index in [-0.39, 0.29) is 12.0 Å². The highest BCUT2D eigenvalue weighted by Crippen LogP contribution is 2.28. The maximum absolute atomic E-state index is 12.5. The highest BCUT2D eigenvalue weighted by atomic mass is 35.5. The largest absolute Gasteiger partial charge is 0.378 e. The summed E-state index contributed by atoms with van der Waals surface area (Å²) < 4.78 is 11.0. The average molecular weight is 352 g/mol. The van der Waals surface area contributed by atoms with E-state index in [9.17, 15) is 4.79 Å². The number of aromatic nitrogens is 1. The minimum absolute atomic E-state index is 0.0483. The lowest BCUT2D eigenvalue weighted by atomic mass is 10.2. The Labute approximate surface area is 147 Å². The molecule has 130 valence electrons. The third-order valence-electron chi connectivity index (χ3n) is 4.26. The maximum Gasteiger partial charge on any atom is 0.255 e. The Morgan fingerprint density at radius 2 is 2.25 bits per heavy atom. The third-order valence-corrected chi connectivity index (χ3v) is 4.54. The van der Waals surface area contributed by atoms with Gasteiger partial charge in [-0.05, 0) is 12.5 Å². The van der Waals surface area contributed by atoms with Gasteiger partial charge >= 0.3 is 0 Å². The molecule has 1 aromatic rings. The van der Waals surface area contributed by atoms with Gasteiger partial charge in [0.2, 0.25) is 0 Å². The number of rotatable bonds is 5. The molecule has 1 unspecified atom stereocenters. The maximum atomic E-state index is 12.5. The van der Waals surface area contributed by atoms with Crippen LogP contribution < -0.4 is 4.90 Å². The van der Waals surface area contributed by atoms with Gasteiger partial charge in [-0.3, -0.25) is 4.79 Å². The molecule has 2 saturated heterocycles. The number of amides is 1. The van der Waals surface area contributed by atoms with Crippen LogP contribution in [0, 0.1) is 0 Å². The zero-order chi connectivity index (χ0) is 16.9. The van der Waals surface area contributed by atoms with Crippen LogP contribution in [-0.4, -0.2) is 67.9 Å². The number of carbonyl (C=O) groups is 1. The van der Waals surface area contributed by atoms with Crippen LogP contribution in [0.2, 0.25) is 5.02 Å². The number of carbonyl (C=O) groups excluding carboxylic acids is 1. The van der Waals surface area contributed by atoms with Crippen LogP contribution in [0.5, 0.6) is 0 Å². The van der Waals surface area contributed by atoms with Crippen molar-refractivity contribution in [3.63, 3.8) is 0 Å². The molecule has 0 radical (unpaired) electrons. The van der Waals surface area contributed by atoms with Crippen LogP contribution in [0.15, 0.2) is 24.9 Å². The summed E-state index contributed by atoms with van der Waals surface area (Å²) in [6.07, 6.45) is 4.45. The van der Waals surface area contributed by atoms with E-state index in [0.717, 1.165) is 19.5 Å². The third kappa shape index (κ3) is 3.88. The van der Waals surface area contributed by atoms with Gasteiger partial charge in [-0.15, -0.1) is 6.58 Å².